The Morgan fingerprint density at radius 3 is 3.03 bits per heavy atom. The molecule has 1 N–H and O–H groups in total. The van der Waals surface area contributed by atoms with Crippen molar-refractivity contribution < 1.29 is 23.4 Å². The predicted molar refractivity (Wildman–Crippen MR) is 115 cm³/mol. The molecule has 8 nitrogen and oxygen atoms in total. The molecular formula is C23H23FN4O4. The van der Waals surface area contributed by atoms with Crippen LogP contribution in [-0.4, -0.2) is 46.8 Å². The summed E-state index contributed by atoms with van der Waals surface area (Å²) in [4.78, 5) is 21.4. The van der Waals surface area contributed by atoms with Crippen LogP contribution in [0.4, 0.5) is 10.3 Å². The van der Waals surface area contributed by atoms with Crippen LogP contribution in [-0.2, 0) is 22.4 Å². The van der Waals surface area contributed by atoms with Gasteiger partial charge in [-0.2, -0.15) is 0 Å². The van der Waals surface area contributed by atoms with Crippen LogP contribution < -0.4 is 10.1 Å². The first kappa shape index (κ1) is 20.4. The standard InChI is InChI=1S/C23H23FN4O4/c1-2-31-22(29)19-13-28-21(27-19)16(14-5-8-30-9-6-14)11-25-23(28)26-12-17-15-7-10-32-20(15)4-3-18(17)24/h3-5,11,13H,2,6-10,12H2,1H3,(H,25,26). The Bertz CT molecular complexity index is 1220. The van der Waals surface area contributed by atoms with Crippen molar-refractivity contribution in [2.75, 3.05) is 31.7 Å². The normalized spacial score (nSPS) is 15.2. The van der Waals surface area contributed by atoms with E-state index in [4.69, 9.17) is 14.2 Å². The number of hydrogen-bond donors (Lipinski definition) is 1. The zero-order chi connectivity index (χ0) is 22.1. The van der Waals surface area contributed by atoms with E-state index < -0.39 is 5.97 Å². The monoisotopic (exact) mass is 438 g/mol. The zero-order valence-electron chi connectivity index (χ0n) is 17.7. The van der Waals surface area contributed by atoms with Gasteiger partial charge in [-0.1, -0.05) is 6.08 Å². The summed E-state index contributed by atoms with van der Waals surface area (Å²) in [6.45, 7) is 3.91. The average Bonchev–Trinajstić information content (AvgIpc) is 3.47. The predicted octanol–water partition coefficient (Wildman–Crippen LogP) is 3.40. The van der Waals surface area contributed by atoms with Crippen molar-refractivity contribution in [1.82, 2.24) is 14.4 Å². The number of anilines is 1. The Kier molecular flexibility index (Phi) is 5.48. The van der Waals surface area contributed by atoms with Gasteiger partial charge in [0, 0.05) is 42.0 Å². The molecule has 0 saturated heterocycles. The molecule has 0 radical (unpaired) electrons. The minimum Gasteiger partial charge on any atom is -0.493 e. The van der Waals surface area contributed by atoms with Crippen LogP contribution in [0, 0.1) is 5.82 Å². The number of hydrogen-bond acceptors (Lipinski definition) is 7. The van der Waals surface area contributed by atoms with Gasteiger partial charge in [0.1, 0.15) is 17.2 Å². The Hall–Kier alpha value is -3.46. The van der Waals surface area contributed by atoms with Crippen LogP contribution in [0.15, 0.2) is 30.6 Å². The highest BCUT2D eigenvalue weighted by Crippen LogP contribution is 2.31. The number of esters is 1. The van der Waals surface area contributed by atoms with Gasteiger partial charge in [-0.05, 0) is 31.1 Å². The molecule has 2 aliphatic rings. The van der Waals surface area contributed by atoms with Crippen molar-refractivity contribution in [3.8, 4) is 5.75 Å². The summed E-state index contributed by atoms with van der Waals surface area (Å²) < 4.78 is 32.4. The fraction of sp³-hybridized carbons (Fsp3) is 0.348. The molecule has 0 unspecified atom stereocenters. The fourth-order valence-electron chi connectivity index (χ4n) is 4.08. The third kappa shape index (κ3) is 3.69. The lowest BCUT2D eigenvalue weighted by molar-refractivity contribution is 0.0520. The molecule has 9 heteroatoms. The molecule has 3 aromatic rings. The van der Waals surface area contributed by atoms with E-state index in [9.17, 15) is 9.18 Å². The van der Waals surface area contributed by atoms with Crippen LogP contribution in [0.5, 0.6) is 5.75 Å². The number of fused-ring (bicyclic) bond motifs is 2. The summed E-state index contributed by atoms with van der Waals surface area (Å²) in [7, 11) is 0. The van der Waals surface area contributed by atoms with Gasteiger partial charge in [-0.15, -0.1) is 0 Å². The van der Waals surface area contributed by atoms with Gasteiger partial charge in [0.25, 0.3) is 0 Å². The second kappa shape index (κ2) is 8.58. The number of benzene rings is 1. The summed E-state index contributed by atoms with van der Waals surface area (Å²) in [5.41, 5.74) is 4.09. The first-order valence-corrected chi connectivity index (χ1v) is 10.6. The zero-order valence-corrected chi connectivity index (χ0v) is 17.7. The maximum Gasteiger partial charge on any atom is 0.358 e. The molecular weight excluding hydrogens is 415 g/mol. The van der Waals surface area contributed by atoms with E-state index in [0.29, 0.717) is 43.4 Å². The molecule has 1 aromatic carbocycles. The second-order valence-corrected chi connectivity index (χ2v) is 7.54. The first-order chi connectivity index (χ1) is 15.7. The molecule has 4 heterocycles. The topological polar surface area (TPSA) is 87.0 Å². The van der Waals surface area contributed by atoms with E-state index in [0.717, 1.165) is 28.9 Å². The van der Waals surface area contributed by atoms with Crippen molar-refractivity contribution in [3.63, 3.8) is 0 Å². The Morgan fingerprint density at radius 2 is 2.22 bits per heavy atom. The molecule has 0 saturated carbocycles. The van der Waals surface area contributed by atoms with Gasteiger partial charge in [-0.25, -0.2) is 19.2 Å². The first-order valence-electron chi connectivity index (χ1n) is 10.6. The van der Waals surface area contributed by atoms with E-state index in [1.807, 2.05) is 6.08 Å². The van der Waals surface area contributed by atoms with Crippen molar-refractivity contribution in [2.24, 2.45) is 0 Å². The number of halogens is 1. The summed E-state index contributed by atoms with van der Waals surface area (Å²) >= 11 is 0. The molecule has 5 rings (SSSR count). The number of ether oxygens (including phenoxy) is 3. The van der Waals surface area contributed by atoms with E-state index >= 15 is 0 Å². The van der Waals surface area contributed by atoms with Gasteiger partial charge in [0.15, 0.2) is 5.69 Å². The number of carbonyl (C=O) groups excluding carboxylic acids is 1. The quantitative estimate of drug-likeness (QED) is 0.590. The lowest BCUT2D eigenvalue weighted by Crippen LogP contribution is -2.11. The number of rotatable bonds is 6. The molecule has 0 amide bonds. The number of carbonyl (C=O) groups is 1. The van der Waals surface area contributed by atoms with Crippen molar-refractivity contribution >= 4 is 23.1 Å². The van der Waals surface area contributed by atoms with E-state index in [1.165, 1.54) is 6.07 Å². The maximum atomic E-state index is 14.5. The lowest BCUT2D eigenvalue weighted by Gasteiger charge is -2.16. The summed E-state index contributed by atoms with van der Waals surface area (Å²) in [5.74, 6) is 0.378. The third-order valence-electron chi connectivity index (χ3n) is 5.65. The van der Waals surface area contributed by atoms with Crippen LogP contribution in [0.25, 0.3) is 11.2 Å². The van der Waals surface area contributed by atoms with Crippen LogP contribution in [0.3, 0.4) is 0 Å². The Labute approximate surface area is 184 Å². The fourth-order valence-corrected chi connectivity index (χ4v) is 4.08. The molecule has 2 aromatic heterocycles. The van der Waals surface area contributed by atoms with Gasteiger partial charge in [-0.3, -0.25) is 4.40 Å². The highest BCUT2D eigenvalue weighted by molar-refractivity contribution is 5.89. The van der Waals surface area contributed by atoms with E-state index in [1.54, 1.807) is 29.8 Å². The van der Waals surface area contributed by atoms with Crippen LogP contribution >= 0.6 is 0 Å². The lowest BCUT2D eigenvalue weighted by atomic mass is 10.0. The molecule has 0 atom stereocenters. The molecule has 166 valence electrons. The van der Waals surface area contributed by atoms with Gasteiger partial charge in [0.2, 0.25) is 5.95 Å². The minimum atomic E-state index is -0.502. The van der Waals surface area contributed by atoms with Crippen molar-refractivity contribution in [2.45, 2.75) is 26.3 Å². The van der Waals surface area contributed by atoms with Crippen molar-refractivity contribution in [1.29, 1.82) is 0 Å². The highest BCUT2D eigenvalue weighted by Gasteiger charge is 2.22. The van der Waals surface area contributed by atoms with Crippen LogP contribution in [0.1, 0.15) is 40.5 Å². The minimum absolute atomic E-state index is 0.192. The molecule has 0 fully saturated rings. The molecule has 32 heavy (non-hydrogen) atoms. The van der Waals surface area contributed by atoms with Crippen molar-refractivity contribution in [3.05, 3.63) is 58.8 Å². The summed E-state index contributed by atoms with van der Waals surface area (Å²) in [5, 5.41) is 3.21. The number of nitrogens with zero attached hydrogens (tertiary/aromatic N) is 3. The van der Waals surface area contributed by atoms with Gasteiger partial charge >= 0.3 is 5.97 Å². The second-order valence-electron chi connectivity index (χ2n) is 7.54. The molecule has 0 spiro atoms. The third-order valence-corrected chi connectivity index (χ3v) is 5.65. The number of aromatic nitrogens is 3. The number of nitrogens with one attached hydrogen (secondary N) is 1. The average molecular weight is 438 g/mol. The van der Waals surface area contributed by atoms with E-state index in [-0.39, 0.29) is 24.7 Å². The van der Waals surface area contributed by atoms with E-state index in [2.05, 4.69) is 15.3 Å². The highest BCUT2D eigenvalue weighted by atomic mass is 19.1. The smallest absolute Gasteiger partial charge is 0.358 e. The molecule has 0 bridgehead atoms. The number of imidazole rings is 1. The summed E-state index contributed by atoms with van der Waals surface area (Å²) in [6, 6.07) is 3.08. The molecule has 0 aliphatic carbocycles. The maximum absolute atomic E-state index is 14.5. The largest absolute Gasteiger partial charge is 0.493 e. The SMILES string of the molecule is CCOC(=O)c1cn2c(NCc3c(F)ccc4c3CCO4)ncc(C3=CCOCC3)c2n1. The van der Waals surface area contributed by atoms with Gasteiger partial charge in [0.05, 0.1) is 26.4 Å². The van der Waals surface area contributed by atoms with Gasteiger partial charge < -0.3 is 19.5 Å². The summed E-state index contributed by atoms with van der Waals surface area (Å²) in [6.07, 6.45) is 6.72. The Balaban J connectivity index is 1.53. The Morgan fingerprint density at radius 1 is 1.31 bits per heavy atom. The van der Waals surface area contributed by atoms with Crippen LogP contribution in [0.2, 0.25) is 0 Å². The molecule has 2 aliphatic heterocycles.